The molecule has 1 amide bonds. The monoisotopic (exact) mass is 391 g/mol. The highest BCUT2D eigenvalue weighted by molar-refractivity contribution is 5.96. The van der Waals surface area contributed by atoms with Crippen LogP contribution >= 0.6 is 0 Å². The molecular weight excluding hydrogens is 370 g/mol. The second-order valence-corrected chi connectivity index (χ2v) is 6.50. The number of carbonyl (C=O) groups is 1. The van der Waals surface area contributed by atoms with Gasteiger partial charge in [0, 0.05) is 43.9 Å². The molecule has 0 unspecified atom stereocenters. The highest BCUT2D eigenvalue weighted by Gasteiger charge is 2.10. The third-order valence-electron chi connectivity index (χ3n) is 4.66. The van der Waals surface area contributed by atoms with Gasteiger partial charge >= 0.3 is 0 Å². The number of pyridine rings is 1. The largest absolute Gasteiger partial charge is 0.383 e. The molecule has 0 atom stereocenters. The van der Waals surface area contributed by atoms with Gasteiger partial charge in [-0.05, 0) is 17.7 Å². The van der Waals surface area contributed by atoms with E-state index in [9.17, 15) is 4.79 Å². The van der Waals surface area contributed by atoms with Crippen LogP contribution in [0.5, 0.6) is 0 Å². The third kappa shape index (κ3) is 4.14. The highest BCUT2D eigenvalue weighted by atomic mass is 16.5. The number of nitrogens with zero attached hydrogens (tertiary/aromatic N) is 5. The molecule has 148 valence electrons. The van der Waals surface area contributed by atoms with Crippen LogP contribution in [0.2, 0.25) is 0 Å². The zero-order valence-corrected chi connectivity index (χ0v) is 16.0. The topological polar surface area (TPSA) is 111 Å². The summed E-state index contributed by atoms with van der Waals surface area (Å²) < 4.78 is 7.00. The summed E-state index contributed by atoms with van der Waals surface area (Å²) in [5.41, 5.74) is 4.21. The second-order valence-electron chi connectivity index (χ2n) is 6.50. The molecule has 9 nitrogen and oxygen atoms in total. The Balaban J connectivity index is 1.37. The van der Waals surface area contributed by atoms with E-state index < -0.39 is 0 Å². The molecule has 1 aromatic carbocycles. The van der Waals surface area contributed by atoms with Crippen LogP contribution in [0.3, 0.4) is 0 Å². The van der Waals surface area contributed by atoms with Crippen LogP contribution in [0.25, 0.3) is 22.2 Å². The summed E-state index contributed by atoms with van der Waals surface area (Å²) in [5.74, 6) is 0.688. The van der Waals surface area contributed by atoms with Gasteiger partial charge in [-0.1, -0.05) is 12.1 Å². The van der Waals surface area contributed by atoms with Crippen LogP contribution in [0, 0.1) is 0 Å². The number of hydrogen-bond donors (Lipinski definition) is 2. The van der Waals surface area contributed by atoms with Crippen LogP contribution in [0.15, 0.2) is 49.3 Å². The fraction of sp³-hybridized carbons (Fsp3) is 0.250. The quantitative estimate of drug-likeness (QED) is 0.474. The Kier molecular flexibility index (Phi) is 5.57. The molecule has 3 aromatic heterocycles. The lowest BCUT2D eigenvalue weighted by atomic mass is 10.0. The molecule has 0 aliphatic rings. The first-order valence-corrected chi connectivity index (χ1v) is 9.27. The average molecular weight is 391 g/mol. The summed E-state index contributed by atoms with van der Waals surface area (Å²) in [7, 11) is 1.65. The number of aromatic amines is 1. The summed E-state index contributed by atoms with van der Waals surface area (Å²) in [6.45, 7) is 1.75. The van der Waals surface area contributed by atoms with Gasteiger partial charge < -0.3 is 19.6 Å². The van der Waals surface area contributed by atoms with E-state index in [2.05, 4.69) is 30.5 Å². The molecule has 2 N–H and O–H groups in total. The Morgan fingerprint density at radius 1 is 1.24 bits per heavy atom. The zero-order chi connectivity index (χ0) is 20.1. The van der Waals surface area contributed by atoms with Crippen molar-refractivity contribution in [3.05, 3.63) is 60.7 Å². The number of amides is 1. The van der Waals surface area contributed by atoms with Gasteiger partial charge in [0.15, 0.2) is 0 Å². The lowest BCUT2D eigenvalue weighted by Crippen LogP contribution is -2.26. The van der Waals surface area contributed by atoms with Crippen molar-refractivity contribution >= 4 is 16.9 Å². The number of ether oxygens (including phenoxy) is 1. The Morgan fingerprint density at radius 3 is 2.93 bits per heavy atom. The van der Waals surface area contributed by atoms with E-state index in [0.717, 1.165) is 28.0 Å². The fourth-order valence-corrected chi connectivity index (χ4v) is 3.12. The van der Waals surface area contributed by atoms with Gasteiger partial charge in [0.05, 0.1) is 30.2 Å². The first-order chi connectivity index (χ1) is 14.3. The molecule has 0 aliphatic heterocycles. The van der Waals surface area contributed by atoms with Crippen LogP contribution in [-0.4, -0.2) is 55.9 Å². The van der Waals surface area contributed by atoms with E-state index in [1.54, 1.807) is 44.3 Å². The number of carbonyl (C=O) groups excluding carboxylic acids is 1. The van der Waals surface area contributed by atoms with E-state index >= 15 is 0 Å². The van der Waals surface area contributed by atoms with Crippen molar-refractivity contribution < 1.29 is 9.53 Å². The lowest BCUT2D eigenvalue weighted by Gasteiger charge is -2.08. The number of benzene rings is 1. The predicted octanol–water partition coefficient (Wildman–Crippen LogP) is 1.84. The van der Waals surface area contributed by atoms with Gasteiger partial charge in [-0.3, -0.25) is 9.78 Å². The van der Waals surface area contributed by atoms with E-state index in [-0.39, 0.29) is 5.91 Å². The average Bonchev–Trinajstić information content (AvgIpc) is 3.41. The maximum atomic E-state index is 12.4. The van der Waals surface area contributed by atoms with Gasteiger partial charge in [-0.2, -0.15) is 0 Å². The molecule has 9 heteroatoms. The van der Waals surface area contributed by atoms with Crippen molar-refractivity contribution in [2.45, 2.75) is 13.0 Å². The molecule has 3 heterocycles. The molecule has 0 saturated heterocycles. The summed E-state index contributed by atoms with van der Waals surface area (Å²) in [4.78, 5) is 24.1. The van der Waals surface area contributed by atoms with Gasteiger partial charge in [0.2, 0.25) is 0 Å². The van der Waals surface area contributed by atoms with E-state index in [1.165, 1.54) is 0 Å². The number of H-pyrrole nitrogens is 1. The molecular formula is C20H21N7O2. The van der Waals surface area contributed by atoms with Gasteiger partial charge in [-0.15, -0.1) is 10.2 Å². The second kappa shape index (κ2) is 8.61. The highest BCUT2D eigenvalue weighted by Crippen LogP contribution is 2.25. The van der Waals surface area contributed by atoms with E-state index in [0.29, 0.717) is 31.7 Å². The summed E-state index contributed by atoms with van der Waals surface area (Å²) in [6.07, 6.45) is 7.43. The normalized spacial score (nSPS) is 11.1. The molecule has 0 fully saturated rings. The van der Waals surface area contributed by atoms with Gasteiger partial charge in [0.1, 0.15) is 12.2 Å². The molecule has 0 aliphatic carbocycles. The minimum absolute atomic E-state index is 0.129. The Morgan fingerprint density at radius 2 is 2.10 bits per heavy atom. The number of hydrogen-bond acceptors (Lipinski definition) is 6. The number of nitrogens with one attached hydrogen (secondary N) is 2. The summed E-state index contributed by atoms with van der Waals surface area (Å²) >= 11 is 0. The molecule has 4 rings (SSSR count). The Bertz CT molecular complexity index is 1100. The van der Waals surface area contributed by atoms with Crippen molar-refractivity contribution in [2.75, 3.05) is 20.3 Å². The fourth-order valence-electron chi connectivity index (χ4n) is 3.12. The minimum atomic E-state index is -0.129. The van der Waals surface area contributed by atoms with Crippen molar-refractivity contribution in [1.29, 1.82) is 0 Å². The van der Waals surface area contributed by atoms with Crippen LogP contribution in [-0.2, 0) is 17.7 Å². The number of rotatable bonds is 8. The lowest BCUT2D eigenvalue weighted by molar-refractivity contribution is 0.0954. The number of fused-ring (bicyclic) bond motifs is 1. The third-order valence-corrected chi connectivity index (χ3v) is 4.66. The summed E-state index contributed by atoms with van der Waals surface area (Å²) in [6, 6.07) is 7.41. The van der Waals surface area contributed by atoms with E-state index in [4.69, 9.17) is 4.74 Å². The number of aromatic nitrogens is 6. The molecule has 29 heavy (non-hydrogen) atoms. The van der Waals surface area contributed by atoms with Crippen molar-refractivity contribution in [2.24, 2.45) is 0 Å². The van der Waals surface area contributed by atoms with Crippen LogP contribution in [0.1, 0.15) is 16.2 Å². The standard InChI is InChI=1S/C20H21N7O2/c1-29-9-8-27-13-25-26-18(27)6-7-22-20(28)15-4-2-14(3-5-15)16-10-21-11-17-19(16)24-12-23-17/h2-5,10-13H,6-9H2,1H3,(H,22,28)(H,23,24). The first-order valence-electron chi connectivity index (χ1n) is 9.27. The zero-order valence-electron chi connectivity index (χ0n) is 16.0. The maximum Gasteiger partial charge on any atom is 0.251 e. The Hall–Kier alpha value is -3.59. The minimum Gasteiger partial charge on any atom is -0.383 e. The number of methoxy groups -OCH3 is 1. The Labute approximate surface area is 167 Å². The van der Waals surface area contributed by atoms with Crippen molar-refractivity contribution in [3.63, 3.8) is 0 Å². The molecule has 4 aromatic rings. The molecule has 0 saturated carbocycles. The predicted molar refractivity (Wildman–Crippen MR) is 107 cm³/mol. The SMILES string of the molecule is COCCn1cnnc1CCNC(=O)c1ccc(-c2cncc3[nH]cnc23)cc1. The van der Waals surface area contributed by atoms with Crippen molar-refractivity contribution in [3.8, 4) is 11.1 Å². The maximum absolute atomic E-state index is 12.4. The molecule has 0 spiro atoms. The van der Waals surface area contributed by atoms with Gasteiger partial charge in [0.25, 0.3) is 5.91 Å². The van der Waals surface area contributed by atoms with Crippen LogP contribution in [0.4, 0.5) is 0 Å². The smallest absolute Gasteiger partial charge is 0.251 e. The van der Waals surface area contributed by atoms with Crippen LogP contribution < -0.4 is 5.32 Å². The molecule has 0 bridgehead atoms. The first kappa shape index (κ1) is 18.8. The van der Waals surface area contributed by atoms with Crippen molar-refractivity contribution in [1.82, 2.24) is 35.0 Å². The van der Waals surface area contributed by atoms with Gasteiger partial charge in [-0.25, -0.2) is 4.98 Å². The van der Waals surface area contributed by atoms with E-state index in [1.807, 2.05) is 16.7 Å². The number of imidazole rings is 1. The summed E-state index contributed by atoms with van der Waals surface area (Å²) in [5, 5.41) is 10.9. The molecule has 0 radical (unpaired) electrons.